The highest BCUT2D eigenvalue weighted by Gasteiger charge is 2.53. The predicted octanol–water partition coefficient (Wildman–Crippen LogP) is 4.37. The fourth-order valence-electron chi connectivity index (χ4n) is 7.07. The van der Waals surface area contributed by atoms with E-state index in [2.05, 4.69) is 26.0 Å². The van der Waals surface area contributed by atoms with Crippen molar-refractivity contribution >= 4 is 5.78 Å². The second-order valence-electron chi connectivity index (χ2n) is 10.5. The van der Waals surface area contributed by atoms with Gasteiger partial charge in [0.25, 0.3) is 0 Å². The Morgan fingerprint density at radius 1 is 1.33 bits per heavy atom. The van der Waals surface area contributed by atoms with E-state index in [0.717, 1.165) is 32.1 Å². The second kappa shape index (κ2) is 8.37. The Hall–Kier alpha value is -1.23. The molecule has 0 radical (unpaired) electrons. The van der Waals surface area contributed by atoms with Crippen LogP contribution in [0.3, 0.4) is 0 Å². The van der Waals surface area contributed by atoms with Crippen molar-refractivity contribution < 1.29 is 19.7 Å². The molecule has 0 aromatic rings. The number of carbonyl (C=O) groups excluding carboxylic acids is 1. The molecule has 0 unspecified atom stereocenters. The van der Waals surface area contributed by atoms with E-state index in [9.17, 15) is 15.0 Å². The maximum absolute atomic E-state index is 13.1. The molecule has 0 aliphatic heterocycles. The molecular formula is C26H38O4. The summed E-state index contributed by atoms with van der Waals surface area (Å²) in [7, 11) is 1.65. The zero-order valence-corrected chi connectivity index (χ0v) is 18.9. The smallest absolute Gasteiger partial charge is 0.159 e. The Bertz CT molecular complexity index is 776. The van der Waals surface area contributed by atoms with E-state index in [-0.39, 0.29) is 29.3 Å². The summed E-state index contributed by atoms with van der Waals surface area (Å²) in [5.74, 6) is 1.46. The first-order valence-corrected chi connectivity index (χ1v) is 11.8. The molecule has 4 heteroatoms. The highest BCUT2D eigenvalue weighted by molar-refractivity contribution is 5.93. The van der Waals surface area contributed by atoms with E-state index < -0.39 is 6.10 Å². The molecular weight excluding hydrogens is 376 g/mol. The summed E-state index contributed by atoms with van der Waals surface area (Å²) < 4.78 is 5.48. The number of hydrogen-bond acceptors (Lipinski definition) is 4. The Morgan fingerprint density at radius 3 is 2.80 bits per heavy atom. The highest BCUT2D eigenvalue weighted by Crippen LogP contribution is 2.62. The third-order valence-corrected chi connectivity index (χ3v) is 8.69. The molecule has 4 aliphatic rings. The number of ether oxygens (including phenoxy) is 1. The Kier molecular flexibility index (Phi) is 6.13. The van der Waals surface area contributed by atoms with Crippen LogP contribution < -0.4 is 0 Å². The maximum atomic E-state index is 13.1. The number of carbonyl (C=O) groups is 1. The molecule has 4 nitrogen and oxygen atoms in total. The number of aliphatic hydroxyl groups excluding tert-OH is 2. The minimum absolute atomic E-state index is 0.0505. The minimum atomic E-state index is -0.529. The highest BCUT2D eigenvalue weighted by atomic mass is 16.5. The molecule has 0 heterocycles. The Labute approximate surface area is 181 Å². The number of allylic oxidation sites excluding steroid dienone is 4. The van der Waals surface area contributed by atoms with Crippen LogP contribution in [0.25, 0.3) is 0 Å². The van der Waals surface area contributed by atoms with Crippen molar-refractivity contribution in [3.8, 4) is 0 Å². The van der Waals surface area contributed by atoms with Crippen molar-refractivity contribution in [1.29, 1.82) is 0 Å². The molecule has 0 aromatic heterocycles. The first-order chi connectivity index (χ1) is 14.2. The number of ketones is 1. The lowest BCUT2D eigenvalue weighted by atomic mass is 9.58. The van der Waals surface area contributed by atoms with Gasteiger partial charge in [-0.15, -0.1) is 0 Å². The van der Waals surface area contributed by atoms with Crippen LogP contribution in [-0.4, -0.2) is 41.4 Å². The lowest BCUT2D eigenvalue weighted by Gasteiger charge is -2.46. The molecule has 8 atom stereocenters. The van der Waals surface area contributed by atoms with E-state index in [4.69, 9.17) is 4.74 Å². The summed E-state index contributed by atoms with van der Waals surface area (Å²) in [6, 6.07) is 0. The summed E-state index contributed by atoms with van der Waals surface area (Å²) in [6.07, 6.45) is 11.8. The van der Waals surface area contributed by atoms with Gasteiger partial charge in [0.15, 0.2) is 5.78 Å². The lowest BCUT2D eigenvalue weighted by Crippen LogP contribution is -2.38. The molecule has 166 valence electrons. The van der Waals surface area contributed by atoms with Crippen LogP contribution in [0.15, 0.2) is 34.9 Å². The standard InChI is InChI=1S/C26H38O4/c1-15(11-25(30-4)16(2)27)22-7-8-23-21-14-24(29)18-12-17(5-6-19(28)13-18)20(21)9-10-26(22,23)3/h5,11,14,16,18-20,22-23,25,27-28H,6-10,12-13H2,1-4H3/b15-11+/t16-,18+,19+,20-,22-,23+,25-,26-/m1/s1. The molecule has 0 spiro atoms. The van der Waals surface area contributed by atoms with Crippen molar-refractivity contribution in [3.05, 3.63) is 34.9 Å². The predicted molar refractivity (Wildman–Crippen MR) is 118 cm³/mol. The molecule has 4 aliphatic carbocycles. The van der Waals surface area contributed by atoms with Gasteiger partial charge >= 0.3 is 0 Å². The van der Waals surface area contributed by atoms with Crippen LogP contribution in [0.5, 0.6) is 0 Å². The number of fused-ring (bicyclic) bond motifs is 6. The first kappa shape index (κ1) is 22.0. The van der Waals surface area contributed by atoms with Gasteiger partial charge in [-0.2, -0.15) is 0 Å². The van der Waals surface area contributed by atoms with Gasteiger partial charge < -0.3 is 14.9 Å². The number of hydrogen-bond donors (Lipinski definition) is 2. The topological polar surface area (TPSA) is 66.8 Å². The maximum Gasteiger partial charge on any atom is 0.159 e. The summed E-state index contributed by atoms with van der Waals surface area (Å²) in [5.41, 5.74) is 4.23. The minimum Gasteiger partial charge on any atom is -0.393 e. The summed E-state index contributed by atoms with van der Waals surface area (Å²) in [6.45, 7) is 6.38. The zero-order valence-electron chi connectivity index (χ0n) is 18.9. The molecule has 2 saturated carbocycles. The molecule has 2 N–H and O–H groups in total. The van der Waals surface area contributed by atoms with Crippen molar-refractivity contribution in [2.45, 2.75) is 84.0 Å². The molecule has 0 saturated heterocycles. The van der Waals surface area contributed by atoms with Gasteiger partial charge in [0.2, 0.25) is 0 Å². The number of aliphatic hydroxyl groups is 2. The van der Waals surface area contributed by atoms with Gasteiger partial charge in [0.1, 0.15) is 6.10 Å². The third-order valence-electron chi connectivity index (χ3n) is 8.69. The lowest BCUT2D eigenvalue weighted by molar-refractivity contribution is -0.119. The quantitative estimate of drug-likeness (QED) is 0.671. The van der Waals surface area contributed by atoms with Crippen LogP contribution in [0.4, 0.5) is 0 Å². The Balaban J connectivity index is 1.65. The molecule has 0 amide bonds. The monoisotopic (exact) mass is 414 g/mol. The van der Waals surface area contributed by atoms with Gasteiger partial charge in [-0.25, -0.2) is 0 Å². The third kappa shape index (κ3) is 3.76. The molecule has 2 bridgehead atoms. The summed E-state index contributed by atoms with van der Waals surface area (Å²) in [5, 5.41) is 20.2. The van der Waals surface area contributed by atoms with Crippen molar-refractivity contribution in [2.75, 3.05) is 7.11 Å². The fraction of sp³-hybridized carbons (Fsp3) is 0.731. The van der Waals surface area contributed by atoms with Crippen molar-refractivity contribution in [2.24, 2.45) is 29.1 Å². The molecule has 0 aromatic carbocycles. The molecule has 4 rings (SSSR count). The van der Waals surface area contributed by atoms with Crippen LogP contribution in [-0.2, 0) is 9.53 Å². The second-order valence-corrected chi connectivity index (χ2v) is 10.5. The van der Waals surface area contributed by atoms with Crippen LogP contribution in [0, 0.1) is 29.1 Å². The summed E-state index contributed by atoms with van der Waals surface area (Å²) >= 11 is 0. The fourth-order valence-corrected chi connectivity index (χ4v) is 7.07. The van der Waals surface area contributed by atoms with E-state index >= 15 is 0 Å². The largest absolute Gasteiger partial charge is 0.393 e. The van der Waals surface area contributed by atoms with Crippen LogP contribution in [0.2, 0.25) is 0 Å². The first-order valence-electron chi connectivity index (χ1n) is 11.8. The number of methoxy groups -OCH3 is 1. The Morgan fingerprint density at radius 2 is 2.10 bits per heavy atom. The van der Waals surface area contributed by atoms with E-state index in [1.54, 1.807) is 14.0 Å². The van der Waals surface area contributed by atoms with Gasteiger partial charge in [-0.3, -0.25) is 4.79 Å². The van der Waals surface area contributed by atoms with Crippen molar-refractivity contribution in [3.63, 3.8) is 0 Å². The normalized spacial score (nSPS) is 41.1. The average molecular weight is 415 g/mol. The SMILES string of the molecule is CO[C@H](/C=C(\C)[C@H]1CC[C@H]2C3=CC(=O)[C@H]4CC(=CC[C@H](O)C4)[C@H]3CC[C@]12C)[C@@H](C)O. The van der Waals surface area contributed by atoms with Crippen molar-refractivity contribution in [1.82, 2.24) is 0 Å². The molecule has 30 heavy (non-hydrogen) atoms. The van der Waals surface area contributed by atoms with E-state index in [0.29, 0.717) is 30.6 Å². The van der Waals surface area contributed by atoms with E-state index in [1.165, 1.54) is 16.7 Å². The van der Waals surface area contributed by atoms with Gasteiger partial charge in [0, 0.05) is 18.9 Å². The molecule has 2 fully saturated rings. The average Bonchev–Trinajstić information content (AvgIpc) is 2.84. The van der Waals surface area contributed by atoms with Crippen LogP contribution in [0.1, 0.15) is 65.7 Å². The summed E-state index contributed by atoms with van der Waals surface area (Å²) in [4.78, 5) is 13.1. The van der Waals surface area contributed by atoms with E-state index in [1.807, 2.05) is 6.08 Å². The van der Waals surface area contributed by atoms with Gasteiger partial charge in [0.05, 0.1) is 12.2 Å². The number of rotatable bonds is 4. The zero-order chi connectivity index (χ0) is 21.6. The van der Waals surface area contributed by atoms with Crippen LogP contribution >= 0.6 is 0 Å². The van der Waals surface area contributed by atoms with Gasteiger partial charge in [-0.05, 0) is 82.1 Å². The van der Waals surface area contributed by atoms with Gasteiger partial charge in [-0.1, -0.05) is 35.8 Å².